The monoisotopic (exact) mass is 325 g/mol. The van der Waals surface area contributed by atoms with Gasteiger partial charge in [-0.3, -0.25) is 4.90 Å². The minimum absolute atomic E-state index is 0.773. The number of ether oxygens (including phenoxy) is 1. The molecule has 1 saturated heterocycles. The lowest BCUT2D eigenvalue weighted by molar-refractivity contribution is 0.0222. The highest BCUT2D eigenvalue weighted by molar-refractivity contribution is 5.63. The summed E-state index contributed by atoms with van der Waals surface area (Å²) in [6.07, 6.45) is 1.77. The highest BCUT2D eigenvalue weighted by atomic mass is 16.5. The topological polar surface area (TPSA) is 32.7 Å². The number of rotatable bonds is 6. The Morgan fingerprint density at radius 2 is 1.58 bits per heavy atom. The van der Waals surface area contributed by atoms with E-state index in [2.05, 4.69) is 41.3 Å². The molecule has 0 radical (unpaired) electrons. The lowest BCUT2D eigenvalue weighted by atomic mass is 9.89. The minimum atomic E-state index is -0.776. The van der Waals surface area contributed by atoms with E-state index in [1.165, 1.54) is 11.1 Å². The van der Waals surface area contributed by atoms with Crippen LogP contribution in [0.2, 0.25) is 0 Å². The van der Waals surface area contributed by atoms with E-state index < -0.39 is 5.60 Å². The van der Waals surface area contributed by atoms with E-state index in [4.69, 9.17) is 4.74 Å². The van der Waals surface area contributed by atoms with Crippen LogP contribution >= 0.6 is 0 Å². The molecule has 2 aromatic rings. The lowest BCUT2D eigenvalue weighted by Crippen LogP contribution is -2.37. The Labute approximate surface area is 144 Å². The number of benzene rings is 2. The quantitative estimate of drug-likeness (QED) is 0.879. The first-order chi connectivity index (χ1) is 11.6. The van der Waals surface area contributed by atoms with E-state index in [9.17, 15) is 5.11 Å². The predicted molar refractivity (Wildman–Crippen MR) is 97.9 cm³/mol. The van der Waals surface area contributed by atoms with Crippen LogP contribution in [0.5, 0.6) is 0 Å². The molecule has 3 nitrogen and oxygen atoms in total. The third-order valence-corrected chi connectivity index (χ3v) is 4.86. The maximum absolute atomic E-state index is 10.8. The second-order valence-electron chi connectivity index (χ2n) is 6.77. The van der Waals surface area contributed by atoms with Gasteiger partial charge in [-0.25, -0.2) is 0 Å². The fourth-order valence-electron chi connectivity index (χ4n) is 3.27. The number of hydrogen-bond acceptors (Lipinski definition) is 3. The third kappa shape index (κ3) is 4.44. The van der Waals surface area contributed by atoms with Crippen molar-refractivity contribution < 1.29 is 9.84 Å². The average molecular weight is 325 g/mol. The molecule has 0 amide bonds. The molecule has 1 atom stereocenters. The van der Waals surface area contributed by atoms with Crippen LogP contribution in [0, 0.1) is 0 Å². The van der Waals surface area contributed by atoms with Crippen molar-refractivity contribution in [2.75, 3.05) is 32.8 Å². The van der Waals surface area contributed by atoms with Gasteiger partial charge in [0.15, 0.2) is 0 Å². The predicted octanol–water partition coefficient (Wildman–Crippen LogP) is 3.67. The van der Waals surface area contributed by atoms with Crippen LogP contribution in [-0.4, -0.2) is 42.9 Å². The Balaban J connectivity index is 1.57. The zero-order valence-electron chi connectivity index (χ0n) is 14.4. The van der Waals surface area contributed by atoms with Crippen molar-refractivity contribution in [3.63, 3.8) is 0 Å². The molecule has 3 heteroatoms. The van der Waals surface area contributed by atoms with E-state index in [-0.39, 0.29) is 0 Å². The number of nitrogens with zero attached hydrogens (tertiary/aromatic N) is 1. The largest absolute Gasteiger partial charge is 0.385 e. The van der Waals surface area contributed by atoms with E-state index in [1.54, 1.807) is 0 Å². The smallest absolute Gasteiger partial charge is 0.0869 e. The second-order valence-corrected chi connectivity index (χ2v) is 6.77. The number of hydrogen-bond donors (Lipinski definition) is 1. The normalized spacial score (nSPS) is 18.2. The minimum Gasteiger partial charge on any atom is -0.385 e. The van der Waals surface area contributed by atoms with Crippen LogP contribution in [-0.2, 0) is 10.3 Å². The molecule has 0 saturated carbocycles. The molecule has 1 fully saturated rings. The highest BCUT2D eigenvalue weighted by Gasteiger charge is 2.23. The summed E-state index contributed by atoms with van der Waals surface area (Å²) in [6.45, 7) is 6.63. The molecule has 1 N–H and O–H groups in total. The second kappa shape index (κ2) is 7.93. The summed E-state index contributed by atoms with van der Waals surface area (Å²) in [6, 6.07) is 18.6. The summed E-state index contributed by atoms with van der Waals surface area (Å²) in [4.78, 5) is 2.41. The average Bonchev–Trinajstić information content (AvgIpc) is 2.63. The van der Waals surface area contributed by atoms with Gasteiger partial charge in [0.05, 0.1) is 18.8 Å². The summed E-state index contributed by atoms with van der Waals surface area (Å²) in [5, 5.41) is 10.8. The zero-order valence-corrected chi connectivity index (χ0v) is 14.4. The zero-order chi connectivity index (χ0) is 16.8. The summed E-state index contributed by atoms with van der Waals surface area (Å²) in [5.74, 6) is 0. The van der Waals surface area contributed by atoms with Gasteiger partial charge in [0.2, 0.25) is 0 Å². The molecule has 1 aliphatic rings. The van der Waals surface area contributed by atoms with Crippen LogP contribution in [0.1, 0.15) is 25.3 Å². The highest BCUT2D eigenvalue weighted by Crippen LogP contribution is 2.28. The van der Waals surface area contributed by atoms with Crippen LogP contribution in [0.4, 0.5) is 0 Å². The summed E-state index contributed by atoms with van der Waals surface area (Å²) in [5.41, 5.74) is 2.60. The Morgan fingerprint density at radius 3 is 2.25 bits per heavy atom. The lowest BCUT2D eigenvalue weighted by Gasteiger charge is -2.29. The van der Waals surface area contributed by atoms with E-state index in [0.29, 0.717) is 0 Å². The molecule has 0 spiro atoms. The molecule has 0 aliphatic carbocycles. The summed E-state index contributed by atoms with van der Waals surface area (Å²) in [7, 11) is 0. The van der Waals surface area contributed by atoms with Gasteiger partial charge >= 0.3 is 0 Å². The van der Waals surface area contributed by atoms with Gasteiger partial charge in [0, 0.05) is 13.1 Å². The first-order valence-electron chi connectivity index (χ1n) is 8.84. The maximum Gasteiger partial charge on any atom is 0.0869 e. The molecule has 2 aromatic carbocycles. The van der Waals surface area contributed by atoms with Crippen molar-refractivity contribution in [3.05, 3.63) is 60.2 Å². The van der Waals surface area contributed by atoms with E-state index in [1.807, 2.05) is 25.1 Å². The van der Waals surface area contributed by atoms with Gasteiger partial charge in [0.1, 0.15) is 0 Å². The fraction of sp³-hybridized carbons (Fsp3) is 0.429. The molecule has 0 bridgehead atoms. The van der Waals surface area contributed by atoms with Gasteiger partial charge in [-0.05, 0) is 43.0 Å². The maximum atomic E-state index is 10.8. The number of aliphatic hydroxyl groups is 1. The van der Waals surface area contributed by atoms with Gasteiger partial charge < -0.3 is 9.84 Å². The fourth-order valence-corrected chi connectivity index (χ4v) is 3.27. The summed E-state index contributed by atoms with van der Waals surface area (Å²) < 4.78 is 5.37. The van der Waals surface area contributed by atoms with Crippen molar-refractivity contribution in [1.29, 1.82) is 0 Å². The van der Waals surface area contributed by atoms with E-state index >= 15 is 0 Å². The van der Waals surface area contributed by atoms with Gasteiger partial charge in [0.25, 0.3) is 0 Å². The molecular weight excluding hydrogens is 298 g/mol. The Morgan fingerprint density at radius 1 is 0.958 bits per heavy atom. The van der Waals surface area contributed by atoms with Crippen LogP contribution < -0.4 is 0 Å². The molecule has 3 rings (SSSR count). The SMILES string of the molecule is CC(O)(CCCN1CCOCC1)c1ccc(-c2ccccc2)cc1. The van der Waals surface area contributed by atoms with Gasteiger partial charge in [-0.2, -0.15) is 0 Å². The first-order valence-corrected chi connectivity index (χ1v) is 8.84. The van der Waals surface area contributed by atoms with Gasteiger partial charge in [-0.1, -0.05) is 54.6 Å². The number of morpholine rings is 1. The van der Waals surface area contributed by atoms with Crippen molar-refractivity contribution in [2.24, 2.45) is 0 Å². The molecule has 1 heterocycles. The Bertz CT molecular complexity index is 616. The van der Waals surface area contributed by atoms with Crippen molar-refractivity contribution in [3.8, 4) is 11.1 Å². The first kappa shape index (κ1) is 17.2. The van der Waals surface area contributed by atoms with Crippen LogP contribution in [0.25, 0.3) is 11.1 Å². The van der Waals surface area contributed by atoms with Crippen LogP contribution in [0.3, 0.4) is 0 Å². The third-order valence-electron chi connectivity index (χ3n) is 4.86. The molecular formula is C21H27NO2. The Kier molecular flexibility index (Phi) is 5.67. The van der Waals surface area contributed by atoms with Crippen molar-refractivity contribution >= 4 is 0 Å². The van der Waals surface area contributed by atoms with Gasteiger partial charge in [-0.15, -0.1) is 0 Å². The van der Waals surface area contributed by atoms with Crippen LogP contribution in [0.15, 0.2) is 54.6 Å². The Hall–Kier alpha value is -1.68. The van der Waals surface area contributed by atoms with Crippen molar-refractivity contribution in [1.82, 2.24) is 4.90 Å². The standard InChI is InChI=1S/C21H27NO2/c1-21(23,12-5-13-22-14-16-24-17-15-22)20-10-8-19(9-11-20)18-6-3-2-4-7-18/h2-4,6-11,23H,5,12-17H2,1H3. The van der Waals surface area contributed by atoms with Crippen molar-refractivity contribution in [2.45, 2.75) is 25.4 Å². The molecule has 1 aliphatic heterocycles. The molecule has 0 aromatic heterocycles. The molecule has 128 valence electrons. The van der Waals surface area contributed by atoms with E-state index in [0.717, 1.165) is 51.3 Å². The molecule has 24 heavy (non-hydrogen) atoms. The molecule has 1 unspecified atom stereocenters. The summed E-state index contributed by atoms with van der Waals surface area (Å²) >= 11 is 0.